The predicted octanol–water partition coefficient (Wildman–Crippen LogP) is 2.21. The molecule has 0 radical (unpaired) electrons. The second-order valence-electron chi connectivity index (χ2n) is 4.72. The van der Waals surface area contributed by atoms with Crippen LogP contribution in [0.15, 0.2) is 48.7 Å². The highest BCUT2D eigenvalue weighted by Gasteiger charge is 2.10. The number of hydrazine groups is 1. The minimum Gasteiger partial charge on any atom is -0.290 e. The van der Waals surface area contributed by atoms with Crippen LogP contribution in [0.3, 0.4) is 0 Å². The highest BCUT2D eigenvalue weighted by atomic mass is 16.2. The van der Waals surface area contributed by atoms with Crippen molar-refractivity contribution in [3.63, 3.8) is 0 Å². The van der Waals surface area contributed by atoms with Crippen molar-refractivity contribution in [1.82, 2.24) is 15.4 Å². The van der Waals surface area contributed by atoms with Crippen molar-refractivity contribution in [2.24, 2.45) is 5.84 Å². The molecule has 0 atom stereocenters. The maximum absolute atomic E-state index is 11.6. The highest BCUT2D eigenvalue weighted by Crippen LogP contribution is 2.22. The van der Waals surface area contributed by atoms with Crippen molar-refractivity contribution in [3.05, 3.63) is 59.9 Å². The second-order valence-corrected chi connectivity index (χ2v) is 4.72. The molecule has 0 spiro atoms. The van der Waals surface area contributed by atoms with Gasteiger partial charge < -0.3 is 0 Å². The van der Waals surface area contributed by atoms with Crippen LogP contribution in [0, 0.1) is 6.92 Å². The second kappa shape index (κ2) is 5.30. The lowest BCUT2D eigenvalue weighted by molar-refractivity contribution is 0.0952. The van der Waals surface area contributed by atoms with Crippen molar-refractivity contribution < 1.29 is 4.79 Å². The van der Waals surface area contributed by atoms with E-state index in [0.717, 1.165) is 22.2 Å². The summed E-state index contributed by atoms with van der Waals surface area (Å²) < 4.78 is 0. The van der Waals surface area contributed by atoms with Gasteiger partial charge in [-0.25, -0.2) is 5.84 Å². The molecule has 0 saturated heterocycles. The van der Waals surface area contributed by atoms with E-state index in [1.165, 1.54) is 0 Å². The average molecular weight is 278 g/mol. The van der Waals surface area contributed by atoms with E-state index < -0.39 is 0 Å². The standard InChI is InChI=1S/C16H14N4O/c1-10-13(16(21)20-17)6-7-15(19-10)12-8-11-4-2-3-5-14(11)18-9-12/h2-9H,17H2,1H3,(H,20,21). The summed E-state index contributed by atoms with van der Waals surface area (Å²) in [7, 11) is 0. The molecule has 0 saturated carbocycles. The van der Waals surface area contributed by atoms with E-state index in [0.29, 0.717) is 11.3 Å². The Morgan fingerprint density at radius 3 is 2.76 bits per heavy atom. The van der Waals surface area contributed by atoms with Crippen LogP contribution in [-0.4, -0.2) is 15.9 Å². The largest absolute Gasteiger partial charge is 0.290 e. The molecule has 0 fully saturated rings. The lowest BCUT2D eigenvalue weighted by atomic mass is 10.1. The maximum Gasteiger partial charge on any atom is 0.267 e. The normalized spacial score (nSPS) is 10.6. The number of benzene rings is 1. The SMILES string of the molecule is Cc1nc(-c2cnc3ccccc3c2)ccc1C(=O)NN. The molecule has 3 rings (SSSR count). The first-order valence-corrected chi connectivity index (χ1v) is 6.53. The number of fused-ring (bicyclic) bond motifs is 1. The number of nitrogens with two attached hydrogens (primary N) is 1. The number of nitrogen functional groups attached to an aromatic ring is 1. The lowest BCUT2D eigenvalue weighted by Crippen LogP contribution is -2.30. The number of carbonyl (C=O) groups excluding carboxylic acids is 1. The molecule has 5 heteroatoms. The van der Waals surface area contributed by atoms with Gasteiger partial charge in [0.15, 0.2) is 0 Å². The molecular weight excluding hydrogens is 264 g/mol. The molecule has 0 aliphatic heterocycles. The van der Waals surface area contributed by atoms with Gasteiger partial charge in [0.1, 0.15) is 0 Å². The molecule has 1 amide bonds. The van der Waals surface area contributed by atoms with Gasteiger partial charge >= 0.3 is 0 Å². The molecule has 0 aliphatic rings. The van der Waals surface area contributed by atoms with E-state index in [1.807, 2.05) is 30.3 Å². The van der Waals surface area contributed by atoms with Crippen molar-refractivity contribution >= 4 is 16.8 Å². The Morgan fingerprint density at radius 1 is 1.19 bits per heavy atom. The number of para-hydroxylation sites is 1. The van der Waals surface area contributed by atoms with Crippen LogP contribution in [0.25, 0.3) is 22.2 Å². The zero-order valence-corrected chi connectivity index (χ0v) is 11.5. The maximum atomic E-state index is 11.6. The summed E-state index contributed by atoms with van der Waals surface area (Å²) in [5, 5.41) is 1.05. The first kappa shape index (κ1) is 13.2. The molecule has 0 unspecified atom stereocenters. The van der Waals surface area contributed by atoms with Gasteiger partial charge in [-0.2, -0.15) is 0 Å². The van der Waals surface area contributed by atoms with Crippen molar-refractivity contribution in [1.29, 1.82) is 0 Å². The third-order valence-corrected chi connectivity index (χ3v) is 3.35. The quantitative estimate of drug-likeness (QED) is 0.428. The summed E-state index contributed by atoms with van der Waals surface area (Å²) >= 11 is 0. The van der Waals surface area contributed by atoms with Gasteiger partial charge in [-0.3, -0.25) is 20.2 Å². The number of amides is 1. The number of nitrogens with zero attached hydrogens (tertiary/aromatic N) is 2. The van der Waals surface area contributed by atoms with Gasteiger partial charge in [-0.15, -0.1) is 0 Å². The molecule has 104 valence electrons. The minimum absolute atomic E-state index is 0.344. The Morgan fingerprint density at radius 2 is 2.00 bits per heavy atom. The van der Waals surface area contributed by atoms with E-state index in [9.17, 15) is 4.79 Å². The van der Waals surface area contributed by atoms with Gasteiger partial charge in [0.25, 0.3) is 5.91 Å². The first-order chi connectivity index (χ1) is 10.2. The zero-order valence-electron chi connectivity index (χ0n) is 11.5. The van der Waals surface area contributed by atoms with Gasteiger partial charge in [0.2, 0.25) is 0 Å². The Kier molecular flexibility index (Phi) is 3.33. The van der Waals surface area contributed by atoms with Crippen molar-refractivity contribution in [2.75, 3.05) is 0 Å². The molecule has 2 aromatic heterocycles. The predicted molar refractivity (Wildman–Crippen MR) is 81.4 cm³/mol. The number of aromatic nitrogens is 2. The third-order valence-electron chi connectivity index (χ3n) is 3.35. The van der Waals surface area contributed by atoms with E-state index in [2.05, 4.69) is 15.4 Å². The minimum atomic E-state index is -0.344. The summed E-state index contributed by atoms with van der Waals surface area (Å²) in [4.78, 5) is 20.5. The zero-order chi connectivity index (χ0) is 14.8. The van der Waals surface area contributed by atoms with Crippen LogP contribution in [0.2, 0.25) is 0 Å². The van der Waals surface area contributed by atoms with Crippen LogP contribution in [0.4, 0.5) is 0 Å². The monoisotopic (exact) mass is 278 g/mol. The molecule has 3 N–H and O–H groups in total. The number of carbonyl (C=O) groups is 1. The van der Waals surface area contributed by atoms with Crippen LogP contribution in [0.1, 0.15) is 16.1 Å². The molecule has 0 aliphatic carbocycles. The Labute approximate surface area is 121 Å². The Balaban J connectivity index is 2.06. The Bertz CT molecular complexity index is 829. The summed E-state index contributed by atoms with van der Waals surface area (Å²) in [5.41, 5.74) is 5.84. The van der Waals surface area contributed by atoms with Crippen LogP contribution >= 0.6 is 0 Å². The lowest BCUT2D eigenvalue weighted by Gasteiger charge is -2.07. The summed E-state index contributed by atoms with van der Waals surface area (Å²) in [6.45, 7) is 1.78. The number of hydrogen-bond acceptors (Lipinski definition) is 4. The molecule has 0 bridgehead atoms. The van der Waals surface area contributed by atoms with Crippen LogP contribution in [-0.2, 0) is 0 Å². The van der Waals surface area contributed by atoms with Gasteiger partial charge in [-0.1, -0.05) is 18.2 Å². The van der Waals surface area contributed by atoms with Crippen molar-refractivity contribution in [2.45, 2.75) is 6.92 Å². The van der Waals surface area contributed by atoms with E-state index in [4.69, 9.17) is 5.84 Å². The number of hydrogen-bond donors (Lipinski definition) is 2. The van der Waals surface area contributed by atoms with Crippen molar-refractivity contribution in [3.8, 4) is 11.3 Å². The van der Waals surface area contributed by atoms with Gasteiger partial charge in [0.05, 0.1) is 22.5 Å². The fourth-order valence-electron chi connectivity index (χ4n) is 2.25. The fourth-order valence-corrected chi connectivity index (χ4v) is 2.25. The van der Waals surface area contributed by atoms with Crippen LogP contribution < -0.4 is 11.3 Å². The number of aryl methyl sites for hydroxylation is 1. The number of nitrogens with one attached hydrogen (secondary N) is 1. The van der Waals surface area contributed by atoms with Crippen LogP contribution in [0.5, 0.6) is 0 Å². The molecule has 3 aromatic rings. The highest BCUT2D eigenvalue weighted by molar-refractivity contribution is 5.95. The summed E-state index contributed by atoms with van der Waals surface area (Å²) in [5.74, 6) is 4.80. The number of rotatable bonds is 2. The van der Waals surface area contributed by atoms with E-state index in [-0.39, 0.29) is 5.91 Å². The molecular formula is C16H14N4O. The molecule has 1 aromatic carbocycles. The number of pyridine rings is 2. The van der Waals surface area contributed by atoms with E-state index >= 15 is 0 Å². The summed E-state index contributed by atoms with van der Waals surface area (Å²) in [6, 6.07) is 13.4. The van der Waals surface area contributed by atoms with Gasteiger partial charge in [-0.05, 0) is 31.2 Å². The molecule has 2 heterocycles. The fraction of sp³-hybridized carbons (Fsp3) is 0.0625. The van der Waals surface area contributed by atoms with E-state index in [1.54, 1.807) is 25.3 Å². The topological polar surface area (TPSA) is 80.9 Å². The first-order valence-electron chi connectivity index (χ1n) is 6.53. The summed E-state index contributed by atoms with van der Waals surface area (Å²) in [6.07, 6.45) is 1.78. The average Bonchev–Trinajstić information content (AvgIpc) is 2.53. The molecule has 5 nitrogen and oxygen atoms in total. The third kappa shape index (κ3) is 2.46. The smallest absolute Gasteiger partial charge is 0.267 e. The Hall–Kier alpha value is -2.79. The molecule has 21 heavy (non-hydrogen) atoms. The van der Waals surface area contributed by atoms with Gasteiger partial charge in [0, 0.05) is 17.1 Å².